The van der Waals surface area contributed by atoms with Gasteiger partial charge in [-0.15, -0.1) is 0 Å². The summed E-state index contributed by atoms with van der Waals surface area (Å²) in [7, 11) is -3.67. The SMILES string of the molecule is Cc1ccc([C@H](CNC(=O)c2cccc(N3C(=O)CCS3(=O)=O)c2)N2CCCCC2)cc1. The van der Waals surface area contributed by atoms with Gasteiger partial charge in [-0.3, -0.25) is 14.5 Å². The fourth-order valence-electron chi connectivity index (χ4n) is 4.41. The van der Waals surface area contributed by atoms with E-state index in [1.807, 2.05) is 0 Å². The first-order valence-corrected chi connectivity index (χ1v) is 12.7. The van der Waals surface area contributed by atoms with Gasteiger partial charge in [-0.25, -0.2) is 12.7 Å². The van der Waals surface area contributed by atoms with Gasteiger partial charge in [0.1, 0.15) is 0 Å². The van der Waals surface area contributed by atoms with Crippen LogP contribution in [0, 0.1) is 6.92 Å². The van der Waals surface area contributed by atoms with Crippen LogP contribution in [0.2, 0.25) is 0 Å². The Morgan fingerprint density at radius 3 is 2.44 bits per heavy atom. The standard InChI is InChI=1S/C24H29N3O4S/c1-18-8-10-19(11-9-18)22(26-13-3-2-4-14-26)17-25-24(29)20-6-5-7-21(16-20)27-23(28)12-15-32(27,30)31/h5-11,16,22H,2-4,12-15,17H2,1H3,(H,25,29)/t22-/m0/s1. The molecule has 2 heterocycles. The normalized spacial score (nSPS) is 19.7. The minimum Gasteiger partial charge on any atom is -0.350 e. The Kier molecular flexibility index (Phi) is 6.62. The maximum absolute atomic E-state index is 12.9. The molecule has 2 aromatic carbocycles. The third kappa shape index (κ3) is 4.86. The first-order valence-electron chi connectivity index (χ1n) is 11.1. The first-order chi connectivity index (χ1) is 15.3. The molecular formula is C24H29N3O4S. The Labute approximate surface area is 189 Å². The summed E-state index contributed by atoms with van der Waals surface area (Å²) in [6.07, 6.45) is 3.49. The fraction of sp³-hybridized carbons (Fsp3) is 0.417. The second-order valence-corrected chi connectivity index (χ2v) is 10.4. The van der Waals surface area contributed by atoms with Gasteiger partial charge in [-0.2, -0.15) is 0 Å². The van der Waals surface area contributed by atoms with Gasteiger partial charge in [-0.1, -0.05) is 42.3 Å². The van der Waals surface area contributed by atoms with E-state index in [-0.39, 0.29) is 29.8 Å². The molecule has 2 amide bonds. The number of hydrogen-bond acceptors (Lipinski definition) is 5. The summed E-state index contributed by atoms with van der Waals surface area (Å²) in [6.45, 7) is 4.50. The molecule has 0 aromatic heterocycles. The highest BCUT2D eigenvalue weighted by Gasteiger charge is 2.36. The summed E-state index contributed by atoms with van der Waals surface area (Å²) in [5, 5.41) is 3.03. The largest absolute Gasteiger partial charge is 0.350 e. The number of likely N-dealkylation sites (tertiary alicyclic amines) is 1. The summed E-state index contributed by atoms with van der Waals surface area (Å²) in [5.41, 5.74) is 2.91. The Morgan fingerprint density at radius 1 is 1.06 bits per heavy atom. The van der Waals surface area contributed by atoms with E-state index in [1.165, 1.54) is 23.6 Å². The van der Waals surface area contributed by atoms with Crippen molar-refractivity contribution in [2.45, 2.75) is 38.6 Å². The Morgan fingerprint density at radius 2 is 1.78 bits per heavy atom. The van der Waals surface area contributed by atoms with E-state index in [4.69, 9.17) is 0 Å². The van der Waals surface area contributed by atoms with E-state index in [0.29, 0.717) is 12.1 Å². The molecule has 0 bridgehead atoms. The molecule has 0 unspecified atom stereocenters. The van der Waals surface area contributed by atoms with Crippen molar-refractivity contribution in [3.8, 4) is 0 Å². The van der Waals surface area contributed by atoms with Crippen LogP contribution in [0.25, 0.3) is 0 Å². The van der Waals surface area contributed by atoms with Crippen LogP contribution < -0.4 is 9.62 Å². The topological polar surface area (TPSA) is 86.8 Å². The van der Waals surface area contributed by atoms with Crippen LogP contribution in [0.15, 0.2) is 48.5 Å². The highest BCUT2D eigenvalue weighted by molar-refractivity contribution is 7.94. The zero-order valence-electron chi connectivity index (χ0n) is 18.3. The number of sulfonamides is 1. The summed E-state index contributed by atoms with van der Waals surface area (Å²) in [4.78, 5) is 27.4. The van der Waals surface area contributed by atoms with Crippen LogP contribution in [0.3, 0.4) is 0 Å². The minimum absolute atomic E-state index is 0.0349. The van der Waals surface area contributed by atoms with Gasteiger partial charge in [-0.05, 0) is 56.6 Å². The maximum atomic E-state index is 12.9. The van der Waals surface area contributed by atoms with Crippen molar-refractivity contribution < 1.29 is 18.0 Å². The van der Waals surface area contributed by atoms with Crippen LogP contribution in [0.5, 0.6) is 0 Å². The van der Waals surface area contributed by atoms with Gasteiger partial charge in [0.25, 0.3) is 5.91 Å². The number of piperidine rings is 1. The number of nitrogens with zero attached hydrogens (tertiary/aromatic N) is 2. The highest BCUT2D eigenvalue weighted by Crippen LogP contribution is 2.27. The van der Waals surface area contributed by atoms with Gasteiger partial charge < -0.3 is 5.32 Å². The summed E-state index contributed by atoms with van der Waals surface area (Å²) >= 11 is 0. The lowest BCUT2D eigenvalue weighted by Crippen LogP contribution is -2.40. The zero-order valence-corrected chi connectivity index (χ0v) is 19.1. The summed E-state index contributed by atoms with van der Waals surface area (Å²) < 4.78 is 25.3. The van der Waals surface area contributed by atoms with E-state index in [0.717, 1.165) is 30.2 Å². The Bertz CT molecular complexity index is 1090. The van der Waals surface area contributed by atoms with Gasteiger partial charge in [0.2, 0.25) is 15.9 Å². The molecule has 0 radical (unpaired) electrons. The first kappa shape index (κ1) is 22.5. The molecule has 8 heteroatoms. The maximum Gasteiger partial charge on any atom is 0.251 e. The number of carbonyl (C=O) groups excluding carboxylic acids is 2. The number of carbonyl (C=O) groups is 2. The van der Waals surface area contributed by atoms with Crippen molar-refractivity contribution in [2.75, 3.05) is 29.7 Å². The van der Waals surface area contributed by atoms with Crippen LogP contribution in [-0.4, -0.2) is 50.5 Å². The number of amides is 2. The summed E-state index contributed by atoms with van der Waals surface area (Å²) in [6, 6.07) is 14.7. The van der Waals surface area contributed by atoms with Crippen LogP contribution in [0.4, 0.5) is 5.69 Å². The van der Waals surface area contributed by atoms with E-state index in [9.17, 15) is 18.0 Å². The zero-order chi connectivity index (χ0) is 22.7. The number of nitrogens with one attached hydrogen (secondary N) is 1. The molecule has 1 atom stereocenters. The molecule has 1 N–H and O–H groups in total. The average Bonchev–Trinajstić information content (AvgIpc) is 3.07. The van der Waals surface area contributed by atoms with Gasteiger partial charge in [0.05, 0.1) is 17.5 Å². The molecule has 2 saturated heterocycles. The molecule has 0 spiro atoms. The third-order valence-electron chi connectivity index (χ3n) is 6.17. The molecule has 32 heavy (non-hydrogen) atoms. The number of benzene rings is 2. The van der Waals surface area contributed by atoms with Crippen molar-refractivity contribution in [1.82, 2.24) is 10.2 Å². The number of hydrogen-bond donors (Lipinski definition) is 1. The van der Waals surface area contributed by atoms with E-state index >= 15 is 0 Å². The molecule has 4 rings (SSSR count). The lowest BCUT2D eigenvalue weighted by Gasteiger charge is -2.35. The average molecular weight is 456 g/mol. The predicted octanol–water partition coefficient (Wildman–Crippen LogP) is 3.02. The van der Waals surface area contributed by atoms with Crippen LogP contribution in [-0.2, 0) is 14.8 Å². The van der Waals surface area contributed by atoms with Gasteiger partial charge in [0.15, 0.2) is 0 Å². The predicted molar refractivity (Wildman–Crippen MR) is 124 cm³/mol. The quantitative estimate of drug-likeness (QED) is 0.724. The molecular weight excluding hydrogens is 426 g/mol. The molecule has 0 saturated carbocycles. The Hall–Kier alpha value is -2.71. The van der Waals surface area contributed by atoms with Crippen molar-refractivity contribution in [2.24, 2.45) is 0 Å². The fourth-order valence-corrected chi connectivity index (χ4v) is 5.86. The smallest absolute Gasteiger partial charge is 0.251 e. The van der Waals surface area contributed by atoms with Crippen molar-refractivity contribution in [1.29, 1.82) is 0 Å². The molecule has 2 aromatic rings. The highest BCUT2D eigenvalue weighted by atomic mass is 32.2. The van der Waals surface area contributed by atoms with Crippen molar-refractivity contribution in [3.05, 3.63) is 65.2 Å². The van der Waals surface area contributed by atoms with Gasteiger partial charge in [0, 0.05) is 18.5 Å². The lowest BCUT2D eigenvalue weighted by atomic mass is 10.0. The molecule has 170 valence electrons. The van der Waals surface area contributed by atoms with Gasteiger partial charge >= 0.3 is 0 Å². The molecule has 2 aliphatic rings. The molecule has 2 fully saturated rings. The van der Waals surface area contributed by atoms with Crippen LogP contribution >= 0.6 is 0 Å². The molecule has 0 aliphatic carbocycles. The molecule has 7 nitrogen and oxygen atoms in total. The monoisotopic (exact) mass is 455 g/mol. The minimum atomic E-state index is -3.67. The number of aryl methyl sites for hydroxylation is 1. The Balaban J connectivity index is 1.51. The van der Waals surface area contributed by atoms with E-state index in [2.05, 4.69) is 41.4 Å². The van der Waals surface area contributed by atoms with Crippen molar-refractivity contribution >= 4 is 27.5 Å². The second kappa shape index (κ2) is 9.42. The third-order valence-corrected chi connectivity index (χ3v) is 7.86. The second-order valence-electron chi connectivity index (χ2n) is 8.51. The molecule has 2 aliphatic heterocycles. The lowest BCUT2D eigenvalue weighted by molar-refractivity contribution is -0.116. The van der Waals surface area contributed by atoms with E-state index < -0.39 is 15.9 Å². The van der Waals surface area contributed by atoms with Crippen LogP contribution in [0.1, 0.15) is 53.2 Å². The summed E-state index contributed by atoms with van der Waals surface area (Å²) in [5.74, 6) is -0.951. The number of rotatable bonds is 6. The van der Waals surface area contributed by atoms with Crippen molar-refractivity contribution in [3.63, 3.8) is 0 Å². The van der Waals surface area contributed by atoms with E-state index in [1.54, 1.807) is 18.2 Å². The number of anilines is 1.